The lowest BCUT2D eigenvalue weighted by Crippen LogP contribution is -2.54. The second kappa shape index (κ2) is 9.16. The van der Waals surface area contributed by atoms with Crippen LogP contribution in [0.2, 0.25) is 0 Å². The smallest absolute Gasteiger partial charge is 0.270 e. The minimum atomic E-state index is -0.537. The summed E-state index contributed by atoms with van der Waals surface area (Å²) in [5, 5.41) is 2.58. The zero-order chi connectivity index (χ0) is 20.8. The minimum Gasteiger partial charge on any atom is -0.501 e. The second-order valence-electron chi connectivity index (χ2n) is 6.18. The lowest BCUT2D eigenvalue weighted by molar-refractivity contribution is -0.122. The Hall–Kier alpha value is -3.45. The Morgan fingerprint density at radius 1 is 1.07 bits per heavy atom. The van der Waals surface area contributed by atoms with Crippen molar-refractivity contribution in [1.82, 2.24) is 5.32 Å². The SMILES string of the molecule is CCOC=C(C)C=C1C(=O)NC(=S)N(c2ccc(Oc3ccccc3)cc2)C1=O. The Morgan fingerprint density at radius 3 is 2.38 bits per heavy atom. The summed E-state index contributed by atoms with van der Waals surface area (Å²) in [5.74, 6) is 0.286. The fourth-order valence-corrected chi connectivity index (χ4v) is 2.94. The van der Waals surface area contributed by atoms with Crippen LogP contribution in [0.15, 0.2) is 78.1 Å². The Balaban J connectivity index is 1.83. The molecule has 0 unspecified atom stereocenters. The summed E-state index contributed by atoms with van der Waals surface area (Å²) in [4.78, 5) is 26.5. The molecular formula is C22H20N2O4S. The van der Waals surface area contributed by atoms with Gasteiger partial charge in [0, 0.05) is 0 Å². The third-order valence-corrected chi connectivity index (χ3v) is 4.27. The average molecular weight is 408 g/mol. The van der Waals surface area contributed by atoms with E-state index in [4.69, 9.17) is 21.7 Å². The van der Waals surface area contributed by atoms with Gasteiger partial charge in [0.05, 0.1) is 18.6 Å². The van der Waals surface area contributed by atoms with E-state index in [1.54, 1.807) is 31.2 Å². The van der Waals surface area contributed by atoms with Crippen LogP contribution < -0.4 is 15.0 Å². The zero-order valence-corrected chi connectivity index (χ0v) is 16.9. The molecule has 0 spiro atoms. The fraction of sp³-hybridized carbons (Fsp3) is 0.136. The molecule has 0 radical (unpaired) electrons. The third-order valence-electron chi connectivity index (χ3n) is 3.98. The monoisotopic (exact) mass is 408 g/mol. The standard InChI is InChI=1S/C22H20N2O4S/c1-3-27-14-15(2)13-19-20(25)23-22(29)24(21(19)26)16-9-11-18(12-10-16)28-17-7-5-4-6-8-17/h4-14H,3H2,1-2H3,(H,23,25,29). The fourth-order valence-electron chi connectivity index (χ4n) is 2.66. The van der Waals surface area contributed by atoms with Gasteiger partial charge in [-0.05, 0) is 74.1 Å². The highest BCUT2D eigenvalue weighted by Crippen LogP contribution is 2.26. The molecule has 1 aliphatic heterocycles. The first-order valence-electron chi connectivity index (χ1n) is 9.02. The van der Waals surface area contributed by atoms with Gasteiger partial charge in [-0.1, -0.05) is 18.2 Å². The van der Waals surface area contributed by atoms with Gasteiger partial charge in [0.1, 0.15) is 17.1 Å². The third kappa shape index (κ3) is 4.89. The number of hydrogen-bond donors (Lipinski definition) is 1. The zero-order valence-electron chi connectivity index (χ0n) is 16.0. The molecule has 1 aliphatic rings. The number of ether oxygens (including phenoxy) is 2. The minimum absolute atomic E-state index is 0.0170. The van der Waals surface area contributed by atoms with Crippen LogP contribution >= 0.6 is 12.2 Å². The van der Waals surface area contributed by atoms with E-state index < -0.39 is 11.8 Å². The summed E-state index contributed by atoms with van der Waals surface area (Å²) in [6.45, 7) is 4.09. The Labute approximate surface area is 174 Å². The molecular weight excluding hydrogens is 388 g/mol. The molecule has 7 heteroatoms. The maximum atomic E-state index is 12.9. The van der Waals surface area contributed by atoms with Crippen LogP contribution in [0.1, 0.15) is 13.8 Å². The number of carbonyl (C=O) groups is 2. The van der Waals surface area contributed by atoms with E-state index in [1.807, 2.05) is 37.3 Å². The lowest BCUT2D eigenvalue weighted by Gasteiger charge is -2.29. The van der Waals surface area contributed by atoms with Gasteiger partial charge in [-0.3, -0.25) is 19.8 Å². The van der Waals surface area contributed by atoms with Gasteiger partial charge >= 0.3 is 0 Å². The molecule has 0 atom stereocenters. The summed E-state index contributed by atoms with van der Waals surface area (Å²) < 4.78 is 11.0. The van der Waals surface area contributed by atoms with Gasteiger partial charge < -0.3 is 9.47 Å². The molecule has 1 fully saturated rings. The van der Waals surface area contributed by atoms with Crippen LogP contribution in [0.3, 0.4) is 0 Å². The van der Waals surface area contributed by atoms with Crippen molar-refractivity contribution in [1.29, 1.82) is 0 Å². The number of thiocarbonyl (C=S) groups is 1. The number of carbonyl (C=O) groups excluding carboxylic acids is 2. The molecule has 2 amide bonds. The number of nitrogens with zero attached hydrogens (tertiary/aromatic N) is 1. The molecule has 148 valence electrons. The molecule has 2 aromatic carbocycles. The van der Waals surface area contributed by atoms with Gasteiger partial charge in [0.15, 0.2) is 5.11 Å². The van der Waals surface area contributed by atoms with Crippen molar-refractivity contribution in [3.8, 4) is 11.5 Å². The summed E-state index contributed by atoms with van der Waals surface area (Å²) in [5.41, 5.74) is 1.15. The molecule has 3 rings (SSSR count). The molecule has 0 aromatic heterocycles. The molecule has 0 bridgehead atoms. The summed E-state index contributed by atoms with van der Waals surface area (Å²) in [6.07, 6.45) is 2.98. The summed E-state index contributed by atoms with van der Waals surface area (Å²) >= 11 is 5.21. The lowest BCUT2D eigenvalue weighted by atomic mass is 10.1. The molecule has 0 saturated carbocycles. The molecule has 29 heavy (non-hydrogen) atoms. The van der Waals surface area contributed by atoms with Crippen molar-refractivity contribution < 1.29 is 19.1 Å². The van der Waals surface area contributed by atoms with Crippen molar-refractivity contribution in [3.05, 3.63) is 78.1 Å². The molecule has 6 nitrogen and oxygen atoms in total. The predicted octanol–water partition coefficient (Wildman–Crippen LogP) is 4.09. The van der Waals surface area contributed by atoms with Gasteiger partial charge in [0.2, 0.25) is 0 Å². The quantitative estimate of drug-likeness (QED) is 0.337. The van der Waals surface area contributed by atoms with E-state index in [-0.39, 0.29) is 10.7 Å². The molecule has 2 aromatic rings. The Bertz CT molecular complexity index is 982. The maximum Gasteiger partial charge on any atom is 0.270 e. The first-order chi connectivity index (χ1) is 14.0. The van der Waals surface area contributed by atoms with E-state index in [0.717, 1.165) is 0 Å². The molecule has 1 saturated heterocycles. The Kier molecular flexibility index (Phi) is 6.41. The van der Waals surface area contributed by atoms with Crippen molar-refractivity contribution in [2.24, 2.45) is 0 Å². The first-order valence-corrected chi connectivity index (χ1v) is 9.43. The number of amides is 2. The topological polar surface area (TPSA) is 67.9 Å². The van der Waals surface area contributed by atoms with Crippen LogP contribution in [0.4, 0.5) is 5.69 Å². The highest BCUT2D eigenvalue weighted by Gasteiger charge is 2.34. The average Bonchev–Trinajstić information content (AvgIpc) is 2.71. The van der Waals surface area contributed by atoms with E-state index in [0.29, 0.717) is 29.4 Å². The van der Waals surface area contributed by atoms with E-state index >= 15 is 0 Å². The number of benzene rings is 2. The van der Waals surface area contributed by atoms with Crippen LogP contribution in [-0.2, 0) is 14.3 Å². The largest absolute Gasteiger partial charge is 0.501 e. The highest BCUT2D eigenvalue weighted by molar-refractivity contribution is 7.80. The predicted molar refractivity (Wildman–Crippen MR) is 115 cm³/mol. The van der Waals surface area contributed by atoms with Gasteiger partial charge in [-0.25, -0.2) is 0 Å². The number of anilines is 1. The van der Waals surface area contributed by atoms with Crippen LogP contribution in [-0.4, -0.2) is 23.5 Å². The van der Waals surface area contributed by atoms with Gasteiger partial charge in [-0.15, -0.1) is 0 Å². The van der Waals surface area contributed by atoms with E-state index in [1.165, 1.54) is 17.2 Å². The highest BCUT2D eigenvalue weighted by atomic mass is 32.1. The van der Waals surface area contributed by atoms with Gasteiger partial charge in [0.25, 0.3) is 11.8 Å². The second-order valence-corrected chi connectivity index (χ2v) is 6.57. The van der Waals surface area contributed by atoms with E-state index in [9.17, 15) is 9.59 Å². The molecule has 1 N–H and O–H groups in total. The number of rotatable bonds is 6. The van der Waals surface area contributed by atoms with Crippen molar-refractivity contribution in [2.45, 2.75) is 13.8 Å². The van der Waals surface area contributed by atoms with Crippen LogP contribution in [0.25, 0.3) is 0 Å². The number of hydrogen-bond acceptors (Lipinski definition) is 5. The van der Waals surface area contributed by atoms with Crippen molar-refractivity contribution in [2.75, 3.05) is 11.5 Å². The summed E-state index contributed by atoms with van der Waals surface area (Å²) in [7, 11) is 0. The van der Waals surface area contributed by atoms with E-state index in [2.05, 4.69) is 5.32 Å². The Morgan fingerprint density at radius 2 is 1.72 bits per heavy atom. The number of para-hydroxylation sites is 1. The van der Waals surface area contributed by atoms with Crippen LogP contribution in [0, 0.1) is 0 Å². The van der Waals surface area contributed by atoms with Crippen molar-refractivity contribution in [3.63, 3.8) is 0 Å². The maximum absolute atomic E-state index is 12.9. The molecule has 1 heterocycles. The first kappa shape index (κ1) is 20.3. The summed E-state index contributed by atoms with van der Waals surface area (Å²) in [6, 6.07) is 16.3. The molecule has 0 aliphatic carbocycles. The van der Waals surface area contributed by atoms with Gasteiger partial charge in [-0.2, -0.15) is 0 Å². The van der Waals surface area contributed by atoms with Crippen LogP contribution in [0.5, 0.6) is 11.5 Å². The number of nitrogens with one attached hydrogen (secondary N) is 1. The normalized spacial score (nSPS) is 16.1. The van der Waals surface area contributed by atoms with Crippen molar-refractivity contribution >= 4 is 34.8 Å². The number of allylic oxidation sites excluding steroid dienone is 2.